The molecule has 3 aromatic carbocycles. The summed E-state index contributed by atoms with van der Waals surface area (Å²) in [6.45, 7) is 5.80. The first-order chi connectivity index (χ1) is 14.3. The lowest BCUT2D eigenvalue weighted by Gasteiger charge is -2.38. The third kappa shape index (κ3) is 4.20. The van der Waals surface area contributed by atoms with Crippen LogP contribution in [0.3, 0.4) is 0 Å². The number of benzene rings is 3. The van der Waals surface area contributed by atoms with E-state index in [1.807, 2.05) is 68.4 Å². The van der Waals surface area contributed by atoms with Crippen LogP contribution < -0.4 is 19.5 Å². The van der Waals surface area contributed by atoms with Gasteiger partial charge in [0.05, 0.1) is 13.2 Å². The zero-order chi connectivity index (χ0) is 21.3. The van der Waals surface area contributed by atoms with Crippen molar-refractivity contribution in [2.24, 2.45) is 0 Å². The smallest absolute Gasteiger partial charge is 0.261 e. The molecule has 5 nitrogen and oxygen atoms in total. The Morgan fingerprint density at radius 3 is 2.57 bits per heavy atom. The van der Waals surface area contributed by atoms with Crippen LogP contribution in [0.5, 0.6) is 17.2 Å². The summed E-state index contributed by atoms with van der Waals surface area (Å²) in [5.74, 6) is 1.98. The Balaban J connectivity index is 1.49. The zero-order valence-electron chi connectivity index (χ0n) is 17.8. The highest BCUT2D eigenvalue weighted by Crippen LogP contribution is 2.41. The fourth-order valence-electron chi connectivity index (χ4n) is 3.88. The average Bonchev–Trinajstić information content (AvgIpc) is 2.72. The number of ether oxygens (including phenoxy) is 3. The largest absolute Gasteiger partial charge is 0.497 e. The van der Waals surface area contributed by atoms with Gasteiger partial charge in [0.2, 0.25) is 0 Å². The highest BCUT2D eigenvalue weighted by atomic mass is 16.5. The van der Waals surface area contributed by atoms with E-state index in [-0.39, 0.29) is 11.9 Å². The Labute approximate surface area is 177 Å². The number of carbonyl (C=O) groups is 1. The molecule has 0 unspecified atom stereocenters. The second-order valence-electron chi connectivity index (χ2n) is 8.30. The minimum atomic E-state index is -0.626. The maximum Gasteiger partial charge on any atom is 0.261 e. The molecule has 1 heterocycles. The van der Waals surface area contributed by atoms with Gasteiger partial charge < -0.3 is 19.5 Å². The van der Waals surface area contributed by atoms with Crippen LogP contribution in [-0.2, 0) is 4.79 Å². The van der Waals surface area contributed by atoms with Crippen LogP contribution in [-0.4, -0.2) is 24.7 Å². The molecule has 0 fully saturated rings. The molecule has 3 aromatic rings. The topological polar surface area (TPSA) is 56.8 Å². The summed E-state index contributed by atoms with van der Waals surface area (Å²) in [5.41, 5.74) is 0.543. The van der Waals surface area contributed by atoms with Crippen molar-refractivity contribution in [3.8, 4) is 17.2 Å². The minimum Gasteiger partial charge on any atom is -0.497 e. The highest BCUT2D eigenvalue weighted by molar-refractivity contribution is 5.84. The number of methoxy groups -OCH3 is 1. The van der Waals surface area contributed by atoms with Crippen LogP contribution in [0.15, 0.2) is 60.7 Å². The summed E-state index contributed by atoms with van der Waals surface area (Å²) < 4.78 is 17.4. The Morgan fingerprint density at radius 1 is 1.07 bits per heavy atom. The van der Waals surface area contributed by atoms with E-state index in [4.69, 9.17) is 14.2 Å². The summed E-state index contributed by atoms with van der Waals surface area (Å²) >= 11 is 0. The van der Waals surface area contributed by atoms with E-state index in [9.17, 15) is 4.79 Å². The van der Waals surface area contributed by atoms with E-state index in [0.717, 1.165) is 27.8 Å². The number of carbonyl (C=O) groups excluding carboxylic acids is 1. The predicted octanol–water partition coefficient (Wildman–Crippen LogP) is 5.03. The molecule has 0 saturated carbocycles. The summed E-state index contributed by atoms with van der Waals surface area (Å²) in [5, 5.41) is 5.36. The first kappa shape index (κ1) is 20.1. The summed E-state index contributed by atoms with van der Waals surface area (Å²) in [7, 11) is 1.63. The molecule has 30 heavy (non-hydrogen) atoms. The van der Waals surface area contributed by atoms with Gasteiger partial charge in [0, 0.05) is 18.1 Å². The van der Waals surface area contributed by atoms with Gasteiger partial charge in [-0.3, -0.25) is 4.79 Å². The van der Waals surface area contributed by atoms with Crippen LogP contribution in [0, 0.1) is 0 Å². The van der Waals surface area contributed by atoms with Crippen molar-refractivity contribution in [3.05, 3.63) is 66.2 Å². The van der Waals surface area contributed by atoms with Gasteiger partial charge in [-0.1, -0.05) is 30.3 Å². The Kier molecular flexibility index (Phi) is 5.29. The van der Waals surface area contributed by atoms with Crippen LogP contribution >= 0.6 is 0 Å². The van der Waals surface area contributed by atoms with E-state index in [0.29, 0.717) is 12.2 Å². The number of fused-ring (bicyclic) bond motifs is 2. The van der Waals surface area contributed by atoms with Crippen molar-refractivity contribution < 1.29 is 19.0 Å². The molecule has 2 atom stereocenters. The van der Waals surface area contributed by atoms with Gasteiger partial charge >= 0.3 is 0 Å². The number of hydrogen-bond donors (Lipinski definition) is 1. The van der Waals surface area contributed by atoms with Crippen LogP contribution in [0.1, 0.15) is 38.8 Å². The fraction of sp³-hybridized carbons (Fsp3) is 0.320. The summed E-state index contributed by atoms with van der Waals surface area (Å²) in [6, 6.07) is 19.5. The van der Waals surface area contributed by atoms with Crippen LogP contribution in [0.25, 0.3) is 10.8 Å². The van der Waals surface area contributed by atoms with Gasteiger partial charge in [-0.25, -0.2) is 0 Å². The molecule has 1 N–H and O–H groups in total. The van der Waals surface area contributed by atoms with Crippen molar-refractivity contribution in [3.63, 3.8) is 0 Å². The van der Waals surface area contributed by atoms with Crippen molar-refractivity contribution >= 4 is 16.7 Å². The lowest BCUT2D eigenvalue weighted by atomic mass is 9.89. The minimum absolute atomic E-state index is 0.160. The Hall–Kier alpha value is -3.21. The molecule has 4 rings (SSSR count). The second-order valence-corrected chi connectivity index (χ2v) is 8.30. The van der Waals surface area contributed by atoms with Gasteiger partial charge in [-0.05, 0) is 55.8 Å². The van der Waals surface area contributed by atoms with Gasteiger partial charge in [0.15, 0.2) is 6.10 Å². The molecule has 0 radical (unpaired) electrons. The molecule has 0 aliphatic carbocycles. The third-order valence-corrected chi connectivity index (χ3v) is 5.40. The van der Waals surface area contributed by atoms with E-state index in [1.165, 1.54) is 0 Å². The maximum absolute atomic E-state index is 12.9. The highest BCUT2D eigenvalue weighted by Gasteiger charge is 2.35. The number of nitrogens with one attached hydrogen (secondary N) is 1. The fourth-order valence-corrected chi connectivity index (χ4v) is 3.88. The second kappa shape index (κ2) is 7.90. The Morgan fingerprint density at radius 2 is 1.80 bits per heavy atom. The number of amides is 1. The average molecular weight is 405 g/mol. The van der Waals surface area contributed by atoms with Crippen molar-refractivity contribution in [1.82, 2.24) is 5.32 Å². The third-order valence-electron chi connectivity index (χ3n) is 5.40. The number of rotatable bonds is 5. The molecular weight excluding hydrogens is 378 g/mol. The molecule has 0 bridgehead atoms. The van der Waals surface area contributed by atoms with Gasteiger partial charge in [-0.15, -0.1) is 0 Å². The summed E-state index contributed by atoms with van der Waals surface area (Å²) in [4.78, 5) is 12.9. The molecule has 0 aromatic heterocycles. The standard InChI is InChI=1S/C25H27NO4/c1-16(29-20-10-9-17-7-5-6-8-18(17)13-20)24(27)26-22-15-25(2,3)30-23-14-19(28-4)11-12-21(22)23/h5-14,16,22H,15H2,1-4H3,(H,26,27)/t16-,22-/m1/s1. The quantitative estimate of drug-likeness (QED) is 0.647. The maximum atomic E-state index is 12.9. The Bertz CT molecular complexity index is 1080. The SMILES string of the molecule is COc1ccc2c(c1)OC(C)(C)C[C@H]2NC(=O)[C@@H](C)Oc1ccc2ccccc2c1. The number of hydrogen-bond acceptors (Lipinski definition) is 4. The van der Waals surface area contributed by atoms with Crippen molar-refractivity contribution in [2.45, 2.75) is 44.9 Å². The first-order valence-corrected chi connectivity index (χ1v) is 10.2. The van der Waals surface area contributed by atoms with Crippen LogP contribution in [0.2, 0.25) is 0 Å². The molecule has 1 aliphatic rings. The monoisotopic (exact) mass is 405 g/mol. The lowest BCUT2D eigenvalue weighted by molar-refractivity contribution is -0.128. The molecule has 1 amide bonds. The molecule has 1 aliphatic heterocycles. The van der Waals surface area contributed by atoms with Gasteiger partial charge in [0.1, 0.15) is 22.8 Å². The van der Waals surface area contributed by atoms with E-state index in [1.54, 1.807) is 14.0 Å². The molecule has 0 saturated heterocycles. The van der Waals surface area contributed by atoms with Gasteiger partial charge in [0.25, 0.3) is 5.91 Å². The normalized spacial score (nSPS) is 18.1. The molecule has 5 heteroatoms. The zero-order valence-corrected chi connectivity index (χ0v) is 17.8. The van der Waals surface area contributed by atoms with Gasteiger partial charge in [-0.2, -0.15) is 0 Å². The van der Waals surface area contributed by atoms with Crippen molar-refractivity contribution in [1.29, 1.82) is 0 Å². The molecular formula is C25H27NO4. The molecule has 0 spiro atoms. The molecule has 156 valence electrons. The lowest BCUT2D eigenvalue weighted by Crippen LogP contribution is -2.44. The van der Waals surface area contributed by atoms with E-state index < -0.39 is 11.7 Å². The van der Waals surface area contributed by atoms with Crippen molar-refractivity contribution in [2.75, 3.05) is 7.11 Å². The summed E-state index contributed by atoms with van der Waals surface area (Å²) in [6.07, 6.45) is 0.0413. The van der Waals surface area contributed by atoms with E-state index in [2.05, 4.69) is 11.4 Å². The van der Waals surface area contributed by atoms with E-state index >= 15 is 0 Å². The first-order valence-electron chi connectivity index (χ1n) is 10.2. The predicted molar refractivity (Wildman–Crippen MR) is 117 cm³/mol. The van der Waals surface area contributed by atoms with Crippen LogP contribution in [0.4, 0.5) is 0 Å².